The first-order chi connectivity index (χ1) is 10.9. The summed E-state index contributed by atoms with van der Waals surface area (Å²) in [6.45, 7) is 4.20. The first-order valence-corrected chi connectivity index (χ1v) is 8.21. The van der Waals surface area contributed by atoms with E-state index in [9.17, 15) is 0 Å². The molecule has 2 aromatic rings. The van der Waals surface area contributed by atoms with E-state index < -0.39 is 0 Å². The largest absolute Gasteiger partial charge is 0.348 e. The molecule has 0 aliphatic heterocycles. The van der Waals surface area contributed by atoms with Crippen molar-refractivity contribution in [3.8, 4) is 0 Å². The zero-order valence-corrected chi connectivity index (χ0v) is 13.1. The number of nitrogens with zero attached hydrogens (tertiary/aromatic N) is 4. The van der Waals surface area contributed by atoms with Crippen LogP contribution in [0.5, 0.6) is 0 Å². The second-order valence-electron chi connectivity index (χ2n) is 6.08. The summed E-state index contributed by atoms with van der Waals surface area (Å²) >= 11 is 0. The van der Waals surface area contributed by atoms with E-state index in [1.165, 1.54) is 19.3 Å². The summed E-state index contributed by atoms with van der Waals surface area (Å²) < 4.78 is 2.15. The van der Waals surface area contributed by atoms with E-state index >= 15 is 0 Å². The van der Waals surface area contributed by atoms with E-state index in [-0.39, 0.29) is 0 Å². The monoisotopic (exact) mass is 299 g/mol. The number of aromatic amines is 1. The summed E-state index contributed by atoms with van der Waals surface area (Å²) in [7, 11) is 0. The Labute approximate surface area is 132 Å². The Hall–Kier alpha value is -1.88. The molecule has 0 saturated heterocycles. The van der Waals surface area contributed by atoms with E-state index in [1.54, 1.807) is 0 Å². The van der Waals surface area contributed by atoms with Gasteiger partial charge in [-0.25, -0.2) is 9.97 Å². The number of rotatable bonds is 8. The second kappa shape index (κ2) is 7.94. The van der Waals surface area contributed by atoms with E-state index in [4.69, 9.17) is 0 Å². The van der Waals surface area contributed by atoms with Crippen molar-refractivity contribution in [3.63, 3.8) is 0 Å². The number of hydrogen-bond acceptors (Lipinski definition) is 3. The number of imidazole rings is 2. The molecule has 1 N–H and O–H groups in total. The highest BCUT2D eigenvalue weighted by molar-refractivity contribution is 4.92. The Morgan fingerprint density at radius 1 is 1.32 bits per heavy atom. The minimum absolute atomic E-state index is 0.785. The summed E-state index contributed by atoms with van der Waals surface area (Å²) in [6, 6.07) is 0. The maximum atomic E-state index is 4.38. The number of aryl methyl sites for hydroxylation is 1. The maximum absolute atomic E-state index is 4.38. The lowest BCUT2D eigenvalue weighted by molar-refractivity contribution is 0.205. The van der Waals surface area contributed by atoms with Crippen molar-refractivity contribution in [3.05, 3.63) is 49.1 Å². The van der Waals surface area contributed by atoms with Gasteiger partial charge >= 0.3 is 0 Å². The number of H-pyrrole nitrogens is 1. The standard InChI is InChI=1S/C17H25N5/c1-2-5-16(6-3-1)13-22(14-17-19-7-8-20-17)11-4-10-21-12-9-18-15-21/h1-2,7-9,12,15-16H,3-6,10-11,13-14H2,(H,19,20). The average molecular weight is 299 g/mol. The molecule has 2 aromatic heterocycles. The third-order valence-corrected chi connectivity index (χ3v) is 4.27. The van der Waals surface area contributed by atoms with Gasteiger partial charge in [0.15, 0.2) is 0 Å². The number of hydrogen-bond donors (Lipinski definition) is 1. The fraction of sp³-hybridized carbons (Fsp3) is 0.529. The van der Waals surface area contributed by atoms with E-state index in [1.807, 2.05) is 31.1 Å². The highest BCUT2D eigenvalue weighted by Crippen LogP contribution is 2.20. The fourth-order valence-electron chi connectivity index (χ4n) is 3.11. The van der Waals surface area contributed by atoms with Gasteiger partial charge in [-0.1, -0.05) is 12.2 Å². The van der Waals surface area contributed by atoms with Gasteiger partial charge in [-0.3, -0.25) is 4.90 Å². The summed E-state index contributed by atoms with van der Waals surface area (Å²) in [6.07, 6.45) is 19.1. The van der Waals surface area contributed by atoms with Crippen molar-refractivity contribution in [1.29, 1.82) is 0 Å². The molecule has 2 heterocycles. The molecule has 0 amide bonds. The lowest BCUT2D eigenvalue weighted by Crippen LogP contribution is -2.31. The molecule has 5 heteroatoms. The molecule has 5 nitrogen and oxygen atoms in total. The van der Waals surface area contributed by atoms with Gasteiger partial charge < -0.3 is 9.55 Å². The molecule has 118 valence electrons. The van der Waals surface area contributed by atoms with Gasteiger partial charge in [0.2, 0.25) is 0 Å². The van der Waals surface area contributed by atoms with Gasteiger partial charge in [0.25, 0.3) is 0 Å². The molecule has 0 fully saturated rings. The van der Waals surface area contributed by atoms with Crippen LogP contribution in [0, 0.1) is 5.92 Å². The van der Waals surface area contributed by atoms with Crippen LogP contribution >= 0.6 is 0 Å². The lowest BCUT2D eigenvalue weighted by atomic mass is 9.94. The Bertz CT molecular complexity index is 544. The van der Waals surface area contributed by atoms with Gasteiger partial charge in [0.05, 0.1) is 12.9 Å². The number of aromatic nitrogens is 4. The normalized spacial score (nSPS) is 18.1. The molecule has 1 aliphatic rings. The zero-order valence-electron chi connectivity index (χ0n) is 13.1. The molecule has 3 rings (SSSR count). The fourth-order valence-corrected chi connectivity index (χ4v) is 3.11. The first-order valence-electron chi connectivity index (χ1n) is 8.21. The first kappa shape index (κ1) is 15.0. The molecule has 0 saturated carbocycles. The van der Waals surface area contributed by atoms with Crippen LogP contribution in [0.3, 0.4) is 0 Å². The number of allylic oxidation sites excluding steroid dienone is 2. The Morgan fingerprint density at radius 2 is 2.32 bits per heavy atom. The van der Waals surface area contributed by atoms with Crippen molar-refractivity contribution in [2.45, 2.75) is 38.8 Å². The molecule has 1 atom stereocenters. The predicted molar refractivity (Wildman–Crippen MR) is 87.2 cm³/mol. The highest BCUT2D eigenvalue weighted by atomic mass is 15.2. The molecule has 22 heavy (non-hydrogen) atoms. The highest BCUT2D eigenvalue weighted by Gasteiger charge is 2.16. The summed E-state index contributed by atoms with van der Waals surface area (Å²) in [5, 5.41) is 0. The van der Waals surface area contributed by atoms with Crippen molar-refractivity contribution in [1.82, 2.24) is 24.4 Å². The van der Waals surface area contributed by atoms with Gasteiger partial charge in [-0.05, 0) is 31.6 Å². The molecule has 0 aromatic carbocycles. The molecule has 1 aliphatic carbocycles. The summed E-state index contributed by atoms with van der Waals surface area (Å²) in [4.78, 5) is 14.2. The predicted octanol–water partition coefficient (Wildman–Crippen LogP) is 2.85. The molecule has 0 spiro atoms. The van der Waals surface area contributed by atoms with Gasteiger partial charge in [0, 0.05) is 44.4 Å². The second-order valence-corrected chi connectivity index (χ2v) is 6.08. The van der Waals surface area contributed by atoms with Crippen LogP contribution in [0.1, 0.15) is 31.5 Å². The average Bonchev–Trinajstić information content (AvgIpc) is 3.22. The van der Waals surface area contributed by atoms with Crippen LogP contribution in [-0.4, -0.2) is 37.5 Å². The molecular weight excluding hydrogens is 274 g/mol. The van der Waals surface area contributed by atoms with Crippen molar-refractivity contribution < 1.29 is 0 Å². The zero-order chi connectivity index (χ0) is 15.0. The molecule has 0 bridgehead atoms. The molecular formula is C17H25N5. The Balaban J connectivity index is 1.51. The Morgan fingerprint density at radius 3 is 3.05 bits per heavy atom. The van der Waals surface area contributed by atoms with E-state index in [0.29, 0.717) is 0 Å². The van der Waals surface area contributed by atoms with Crippen molar-refractivity contribution >= 4 is 0 Å². The van der Waals surface area contributed by atoms with Crippen LogP contribution in [0.2, 0.25) is 0 Å². The van der Waals surface area contributed by atoms with E-state index in [2.05, 4.69) is 36.6 Å². The molecule has 1 unspecified atom stereocenters. The van der Waals surface area contributed by atoms with Crippen molar-refractivity contribution in [2.24, 2.45) is 5.92 Å². The smallest absolute Gasteiger partial charge is 0.120 e. The van der Waals surface area contributed by atoms with Crippen LogP contribution in [0.25, 0.3) is 0 Å². The van der Waals surface area contributed by atoms with Gasteiger partial charge in [-0.15, -0.1) is 0 Å². The topological polar surface area (TPSA) is 49.7 Å². The summed E-state index contributed by atoms with van der Waals surface area (Å²) in [5.74, 6) is 1.85. The minimum Gasteiger partial charge on any atom is -0.348 e. The van der Waals surface area contributed by atoms with Crippen molar-refractivity contribution in [2.75, 3.05) is 13.1 Å². The lowest BCUT2D eigenvalue weighted by Gasteiger charge is -2.27. The maximum Gasteiger partial charge on any atom is 0.120 e. The quantitative estimate of drug-likeness (QED) is 0.763. The molecule has 0 radical (unpaired) electrons. The SMILES string of the molecule is C1=CCC(CN(CCCn2ccnc2)Cc2ncc[nH]2)CC1. The summed E-state index contributed by atoms with van der Waals surface area (Å²) in [5.41, 5.74) is 0. The third-order valence-electron chi connectivity index (χ3n) is 4.27. The van der Waals surface area contributed by atoms with Crippen LogP contribution in [0.4, 0.5) is 0 Å². The van der Waals surface area contributed by atoms with Crippen LogP contribution in [0.15, 0.2) is 43.3 Å². The van der Waals surface area contributed by atoms with Crippen LogP contribution in [-0.2, 0) is 13.1 Å². The van der Waals surface area contributed by atoms with Gasteiger partial charge in [-0.2, -0.15) is 0 Å². The minimum atomic E-state index is 0.785. The van der Waals surface area contributed by atoms with E-state index in [0.717, 1.165) is 44.3 Å². The number of nitrogens with one attached hydrogen (secondary N) is 1. The third kappa shape index (κ3) is 4.56. The van der Waals surface area contributed by atoms with Crippen LogP contribution < -0.4 is 0 Å². The van der Waals surface area contributed by atoms with Gasteiger partial charge in [0.1, 0.15) is 5.82 Å². The Kier molecular flexibility index (Phi) is 5.42.